The number of hydrogen-bond donors (Lipinski definition) is 0. The van der Waals surface area contributed by atoms with Crippen molar-refractivity contribution in [2.24, 2.45) is 10.8 Å². The van der Waals surface area contributed by atoms with Crippen LogP contribution in [-0.4, -0.2) is 17.5 Å². The summed E-state index contributed by atoms with van der Waals surface area (Å²) < 4.78 is 6.00. The first kappa shape index (κ1) is 16.7. The smallest absolute Gasteiger partial charge is 0.127 e. The highest BCUT2D eigenvalue weighted by Crippen LogP contribution is 2.52. The number of rotatable bonds is 4. The van der Waals surface area contributed by atoms with Crippen LogP contribution in [0.4, 0.5) is 0 Å². The van der Waals surface area contributed by atoms with Gasteiger partial charge in [0.15, 0.2) is 0 Å². The fourth-order valence-electron chi connectivity index (χ4n) is 5.33. The van der Waals surface area contributed by atoms with Crippen molar-refractivity contribution in [3.8, 4) is 11.5 Å². The Hall–Kier alpha value is -1.80. The van der Waals surface area contributed by atoms with Gasteiger partial charge in [-0.05, 0) is 59.9 Å². The van der Waals surface area contributed by atoms with Gasteiger partial charge in [0.2, 0.25) is 0 Å². The molecule has 2 nitrogen and oxygen atoms in total. The third-order valence-corrected chi connectivity index (χ3v) is 5.79. The van der Waals surface area contributed by atoms with Crippen molar-refractivity contribution in [1.29, 1.82) is 0 Å². The van der Waals surface area contributed by atoms with Gasteiger partial charge >= 0.3 is 0 Å². The van der Waals surface area contributed by atoms with Gasteiger partial charge in [-0.1, -0.05) is 51.1 Å². The van der Waals surface area contributed by atoms with Crippen LogP contribution in [0.5, 0.6) is 11.5 Å². The van der Waals surface area contributed by atoms with Gasteiger partial charge in [-0.15, -0.1) is 0 Å². The molecule has 25 heavy (non-hydrogen) atoms. The molecule has 2 bridgehead atoms. The summed E-state index contributed by atoms with van der Waals surface area (Å²) in [6, 6.07) is 19.3. The van der Waals surface area contributed by atoms with Crippen molar-refractivity contribution >= 4 is 0 Å². The van der Waals surface area contributed by atoms with Gasteiger partial charge in [-0.2, -0.15) is 0 Å². The third kappa shape index (κ3) is 3.74. The molecule has 0 spiro atoms. The summed E-state index contributed by atoms with van der Waals surface area (Å²) in [7, 11) is 0. The van der Waals surface area contributed by atoms with E-state index in [0.29, 0.717) is 10.8 Å². The lowest BCUT2D eigenvalue weighted by Crippen LogP contribution is -2.34. The van der Waals surface area contributed by atoms with E-state index >= 15 is 0 Å². The van der Waals surface area contributed by atoms with Gasteiger partial charge < -0.3 is 4.74 Å². The van der Waals surface area contributed by atoms with Crippen LogP contribution in [0.25, 0.3) is 0 Å². The fourth-order valence-corrected chi connectivity index (χ4v) is 5.33. The number of nitrogens with zero attached hydrogens (tertiary/aromatic N) is 1. The number of likely N-dealkylation sites (tertiary alicyclic amines) is 1. The molecule has 0 amide bonds. The highest BCUT2D eigenvalue weighted by atomic mass is 16.5. The molecule has 2 aromatic carbocycles. The number of hydrogen-bond acceptors (Lipinski definition) is 2. The molecule has 2 atom stereocenters. The van der Waals surface area contributed by atoms with E-state index in [4.69, 9.17) is 4.74 Å². The highest BCUT2D eigenvalue weighted by molar-refractivity contribution is 5.34. The molecule has 1 saturated carbocycles. The second-order valence-corrected chi connectivity index (χ2v) is 9.18. The van der Waals surface area contributed by atoms with E-state index in [1.165, 1.54) is 31.4 Å². The number of fused-ring (bicyclic) bond motifs is 2. The number of ether oxygens (including phenoxy) is 1. The van der Waals surface area contributed by atoms with Gasteiger partial charge in [0.05, 0.1) is 0 Å². The monoisotopic (exact) mass is 335 g/mol. The summed E-state index contributed by atoms with van der Waals surface area (Å²) in [6.07, 6.45) is 4.03. The van der Waals surface area contributed by atoms with Gasteiger partial charge in [-0.3, -0.25) is 4.90 Å². The van der Waals surface area contributed by atoms with Crippen molar-refractivity contribution in [3.63, 3.8) is 0 Å². The van der Waals surface area contributed by atoms with E-state index in [1.807, 2.05) is 36.4 Å². The number of benzene rings is 2. The molecule has 2 fully saturated rings. The lowest BCUT2D eigenvalue weighted by Gasteiger charge is -2.40. The van der Waals surface area contributed by atoms with E-state index < -0.39 is 0 Å². The molecule has 2 unspecified atom stereocenters. The average Bonchev–Trinajstić information content (AvgIpc) is 2.77. The summed E-state index contributed by atoms with van der Waals surface area (Å²) in [4.78, 5) is 2.70. The minimum absolute atomic E-state index is 0.477. The quantitative estimate of drug-likeness (QED) is 0.692. The van der Waals surface area contributed by atoms with Crippen LogP contribution in [0, 0.1) is 10.8 Å². The standard InChI is InChI=1S/C23H29NO/c1-22(2)13-19-14-23(3,16-22)17-24(19)15-18-8-7-11-21(12-18)25-20-9-5-4-6-10-20/h4-12,19H,13-17H2,1-3H3. The van der Waals surface area contributed by atoms with Crippen LogP contribution >= 0.6 is 0 Å². The van der Waals surface area contributed by atoms with E-state index in [0.717, 1.165) is 24.1 Å². The predicted molar refractivity (Wildman–Crippen MR) is 103 cm³/mol. The largest absolute Gasteiger partial charge is 0.457 e. The molecule has 0 aromatic heterocycles. The summed E-state index contributed by atoms with van der Waals surface area (Å²) in [5.74, 6) is 1.82. The average molecular weight is 335 g/mol. The van der Waals surface area contributed by atoms with Gasteiger partial charge in [0.25, 0.3) is 0 Å². The van der Waals surface area contributed by atoms with E-state index in [2.05, 4.69) is 43.9 Å². The highest BCUT2D eigenvalue weighted by Gasteiger charge is 2.49. The molecular weight excluding hydrogens is 306 g/mol. The van der Waals surface area contributed by atoms with Crippen LogP contribution in [0.1, 0.15) is 45.6 Å². The Kier molecular flexibility index (Phi) is 4.11. The Bertz CT molecular complexity index is 739. The lowest BCUT2D eigenvalue weighted by molar-refractivity contribution is 0.126. The third-order valence-electron chi connectivity index (χ3n) is 5.79. The first-order chi connectivity index (χ1) is 11.9. The molecule has 0 N–H and O–H groups in total. The topological polar surface area (TPSA) is 12.5 Å². The predicted octanol–water partition coefficient (Wildman–Crippen LogP) is 5.88. The van der Waals surface area contributed by atoms with E-state index in [1.54, 1.807) is 0 Å². The van der Waals surface area contributed by atoms with Crippen molar-refractivity contribution in [1.82, 2.24) is 4.90 Å². The molecule has 1 heterocycles. The minimum Gasteiger partial charge on any atom is -0.457 e. The van der Waals surface area contributed by atoms with Crippen LogP contribution in [0.2, 0.25) is 0 Å². The zero-order valence-corrected chi connectivity index (χ0v) is 15.7. The van der Waals surface area contributed by atoms with Gasteiger partial charge in [0.1, 0.15) is 11.5 Å². The number of para-hydroxylation sites is 1. The SMILES string of the molecule is CC1(C)CC2CC(C)(CN2Cc2cccc(Oc3ccccc3)c2)C1. The Balaban J connectivity index is 1.48. The van der Waals surface area contributed by atoms with Gasteiger partial charge in [-0.25, -0.2) is 0 Å². The normalized spacial score (nSPS) is 28.0. The molecule has 2 aromatic rings. The maximum Gasteiger partial charge on any atom is 0.127 e. The summed E-state index contributed by atoms with van der Waals surface area (Å²) in [6.45, 7) is 9.62. The van der Waals surface area contributed by atoms with Crippen molar-refractivity contribution in [2.45, 2.75) is 52.6 Å². The molecule has 1 aliphatic heterocycles. The molecule has 2 aliphatic rings. The molecular formula is C23H29NO. The molecule has 2 heteroatoms. The summed E-state index contributed by atoms with van der Waals surface area (Å²) in [5, 5.41) is 0. The lowest BCUT2D eigenvalue weighted by atomic mass is 9.65. The zero-order chi connectivity index (χ0) is 17.5. The van der Waals surface area contributed by atoms with E-state index in [9.17, 15) is 0 Å². The van der Waals surface area contributed by atoms with Crippen molar-refractivity contribution < 1.29 is 4.74 Å². The van der Waals surface area contributed by atoms with Gasteiger partial charge in [0, 0.05) is 19.1 Å². The summed E-state index contributed by atoms with van der Waals surface area (Å²) >= 11 is 0. The second kappa shape index (κ2) is 6.17. The Morgan fingerprint density at radius 1 is 0.960 bits per heavy atom. The second-order valence-electron chi connectivity index (χ2n) is 9.18. The zero-order valence-electron chi connectivity index (χ0n) is 15.7. The van der Waals surface area contributed by atoms with Crippen molar-refractivity contribution in [3.05, 3.63) is 60.2 Å². The molecule has 0 radical (unpaired) electrons. The summed E-state index contributed by atoms with van der Waals surface area (Å²) in [5.41, 5.74) is 2.32. The molecule has 1 saturated heterocycles. The fraction of sp³-hybridized carbons (Fsp3) is 0.478. The Morgan fingerprint density at radius 3 is 2.52 bits per heavy atom. The first-order valence-corrected chi connectivity index (χ1v) is 9.47. The maximum absolute atomic E-state index is 6.00. The molecule has 4 rings (SSSR count). The molecule has 1 aliphatic carbocycles. The van der Waals surface area contributed by atoms with Crippen LogP contribution in [-0.2, 0) is 6.54 Å². The Morgan fingerprint density at radius 2 is 1.72 bits per heavy atom. The minimum atomic E-state index is 0.477. The van der Waals surface area contributed by atoms with Crippen LogP contribution < -0.4 is 4.74 Å². The van der Waals surface area contributed by atoms with Crippen LogP contribution in [0.15, 0.2) is 54.6 Å². The molecule has 132 valence electrons. The van der Waals surface area contributed by atoms with Crippen LogP contribution in [0.3, 0.4) is 0 Å². The maximum atomic E-state index is 6.00. The van der Waals surface area contributed by atoms with Crippen molar-refractivity contribution in [2.75, 3.05) is 6.54 Å². The van der Waals surface area contributed by atoms with E-state index in [-0.39, 0.29) is 0 Å². The Labute approximate surface area is 151 Å². The first-order valence-electron chi connectivity index (χ1n) is 9.47.